The molecule has 2 aliphatic rings. The summed E-state index contributed by atoms with van der Waals surface area (Å²) in [7, 11) is 0. The van der Waals surface area contributed by atoms with Crippen molar-refractivity contribution in [3.63, 3.8) is 0 Å². The van der Waals surface area contributed by atoms with E-state index in [0.717, 1.165) is 19.0 Å². The molecule has 0 spiro atoms. The van der Waals surface area contributed by atoms with Gasteiger partial charge in [-0.25, -0.2) is 0 Å². The topological polar surface area (TPSA) is 39.1 Å². The van der Waals surface area contributed by atoms with Crippen molar-refractivity contribution in [2.45, 2.75) is 51.5 Å². The first kappa shape index (κ1) is 13.8. The molecule has 1 aliphatic carbocycles. The Balaban J connectivity index is 1.97. The van der Waals surface area contributed by atoms with Crippen LogP contribution in [-0.2, 0) is 0 Å². The Labute approximate surface area is 112 Å². The maximum absolute atomic E-state index is 9.63. The Hall–Kier alpha value is -0.590. The lowest BCUT2D eigenvalue weighted by Gasteiger charge is -2.33. The molecule has 2 rings (SSSR count). The molecule has 0 amide bonds. The van der Waals surface area contributed by atoms with E-state index in [2.05, 4.69) is 30.1 Å². The lowest BCUT2D eigenvalue weighted by molar-refractivity contribution is 0.201. The summed E-state index contributed by atoms with van der Waals surface area (Å²) >= 11 is 0. The minimum atomic E-state index is -0.275. The van der Waals surface area contributed by atoms with Crippen LogP contribution in [-0.4, -0.2) is 36.6 Å². The Morgan fingerprint density at radius 3 is 2.67 bits per heavy atom. The summed E-state index contributed by atoms with van der Waals surface area (Å²) in [6.07, 6.45) is 6.38. The highest BCUT2D eigenvalue weighted by Gasteiger charge is 2.46. The third-order valence-electron chi connectivity index (χ3n) is 4.55. The van der Waals surface area contributed by atoms with E-state index in [0.29, 0.717) is 5.92 Å². The fourth-order valence-electron chi connectivity index (χ4n) is 3.22. The van der Waals surface area contributed by atoms with E-state index in [4.69, 9.17) is 0 Å². The van der Waals surface area contributed by atoms with Crippen molar-refractivity contribution in [1.29, 1.82) is 5.26 Å². The number of nitrogens with zero attached hydrogens (tertiary/aromatic N) is 2. The third kappa shape index (κ3) is 3.24. The number of nitrogens with one attached hydrogen (secondary N) is 1. The van der Waals surface area contributed by atoms with Gasteiger partial charge in [-0.05, 0) is 63.6 Å². The van der Waals surface area contributed by atoms with Crippen LogP contribution in [0.15, 0.2) is 0 Å². The van der Waals surface area contributed by atoms with Crippen molar-refractivity contribution < 1.29 is 0 Å². The van der Waals surface area contributed by atoms with Crippen LogP contribution in [0.1, 0.15) is 46.0 Å². The number of hydrogen-bond acceptors (Lipinski definition) is 3. The van der Waals surface area contributed by atoms with E-state index in [1.54, 1.807) is 0 Å². The van der Waals surface area contributed by atoms with Crippen molar-refractivity contribution in [1.82, 2.24) is 10.2 Å². The highest BCUT2D eigenvalue weighted by Crippen LogP contribution is 2.40. The number of likely N-dealkylation sites (tertiary alicyclic amines) is 1. The minimum Gasteiger partial charge on any atom is -0.300 e. The zero-order chi connectivity index (χ0) is 13.0. The van der Waals surface area contributed by atoms with Gasteiger partial charge in [0.05, 0.1) is 6.07 Å². The first-order valence-electron chi connectivity index (χ1n) is 7.59. The molecule has 1 aliphatic heterocycles. The van der Waals surface area contributed by atoms with Crippen LogP contribution in [0.3, 0.4) is 0 Å². The van der Waals surface area contributed by atoms with Gasteiger partial charge in [0.2, 0.25) is 0 Å². The molecule has 0 radical (unpaired) electrons. The molecule has 0 bridgehead atoms. The zero-order valence-corrected chi connectivity index (χ0v) is 11.9. The molecular formula is C15H27N3. The van der Waals surface area contributed by atoms with Crippen LogP contribution in [0.2, 0.25) is 0 Å². The molecule has 18 heavy (non-hydrogen) atoms. The van der Waals surface area contributed by atoms with Crippen LogP contribution < -0.4 is 5.32 Å². The van der Waals surface area contributed by atoms with Gasteiger partial charge in [-0.1, -0.05) is 13.8 Å². The van der Waals surface area contributed by atoms with Crippen LogP contribution in [0, 0.1) is 23.2 Å². The number of nitriles is 1. The van der Waals surface area contributed by atoms with Gasteiger partial charge in [0.25, 0.3) is 0 Å². The molecule has 0 aromatic heterocycles. The van der Waals surface area contributed by atoms with Crippen molar-refractivity contribution in [2.75, 3.05) is 26.2 Å². The predicted molar refractivity (Wildman–Crippen MR) is 74.2 cm³/mol. The summed E-state index contributed by atoms with van der Waals surface area (Å²) in [5, 5.41) is 13.1. The smallest absolute Gasteiger partial charge is 0.122 e. The molecule has 1 saturated heterocycles. The second-order valence-electron chi connectivity index (χ2n) is 6.20. The van der Waals surface area contributed by atoms with Crippen molar-refractivity contribution >= 4 is 0 Å². The largest absolute Gasteiger partial charge is 0.300 e. The first-order valence-corrected chi connectivity index (χ1v) is 7.59. The summed E-state index contributed by atoms with van der Waals surface area (Å²) in [6, 6.07) is 2.60. The number of hydrogen-bond donors (Lipinski definition) is 1. The van der Waals surface area contributed by atoms with Gasteiger partial charge in [-0.2, -0.15) is 5.26 Å². The van der Waals surface area contributed by atoms with Crippen molar-refractivity contribution in [3.05, 3.63) is 0 Å². The quantitative estimate of drug-likeness (QED) is 0.813. The number of likely N-dealkylation sites (N-methyl/N-ethyl adjacent to an activating group) is 1. The van der Waals surface area contributed by atoms with Crippen LogP contribution in [0.25, 0.3) is 0 Å². The maximum atomic E-state index is 9.63. The standard InChI is InChI=1S/C15H27N3/c1-3-17-15(11-16,14-6-7-14)12-18-9-4-5-13(2)8-10-18/h13-14,17H,3-10,12H2,1-2H3. The Bertz CT molecular complexity index is 305. The second-order valence-corrected chi connectivity index (χ2v) is 6.20. The third-order valence-corrected chi connectivity index (χ3v) is 4.55. The molecule has 102 valence electrons. The van der Waals surface area contributed by atoms with Crippen molar-refractivity contribution in [3.8, 4) is 6.07 Å². The molecular weight excluding hydrogens is 222 g/mol. The summed E-state index contributed by atoms with van der Waals surface area (Å²) < 4.78 is 0. The second kappa shape index (κ2) is 6.04. The van der Waals surface area contributed by atoms with E-state index in [1.165, 1.54) is 45.2 Å². The lowest BCUT2D eigenvalue weighted by Crippen LogP contribution is -2.54. The van der Waals surface area contributed by atoms with Gasteiger partial charge in [-0.3, -0.25) is 5.32 Å². The average Bonchev–Trinajstić information content (AvgIpc) is 3.18. The van der Waals surface area contributed by atoms with E-state index in [1.807, 2.05) is 0 Å². The van der Waals surface area contributed by atoms with Crippen molar-refractivity contribution in [2.24, 2.45) is 11.8 Å². The Morgan fingerprint density at radius 1 is 1.28 bits per heavy atom. The summed E-state index contributed by atoms with van der Waals surface area (Å²) in [5.41, 5.74) is -0.275. The highest BCUT2D eigenvalue weighted by molar-refractivity contribution is 5.16. The van der Waals surface area contributed by atoms with Crippen LogP contribution in [0.5, 0.6) is 0 Å². The molecule has 3 nitrogen and oxygen atoms in total. The predicted octanol–water partition coefficient (Wildman–Crippen LogP) is 2.39. The zero-order valence-electron chi connectivity index (χ0n) is 11.9. The summed E-state index contributed by atoms with van der Waals surface area (Å²) in [4.78, 5) is 2.52. The van der Waals surface area contributed by atoms with E-state index < -0.39 is 0 Å². The van der Waals surface area contributed by atoms with E-state index in [9.17, 15) is 5.26 Å². The molecule has 0 aromatic rings. The average molecular weight is 249 g/mol. The van der Waals surface area contributed by atoms with E-state index >= 15 is 0 Å². The normalized spacial score (nSPS) is 29.3. The first-order chi connectivity index (χ1) is 8.70. The summed E-state index contributed by atoms with van der Waals surface area (Å²) in [5.74, 6) is 1.44. The molecule has 2 atom stereocenters. The molecule has 2 fully saturated rings. The molecule has 0 aromatic carbocycles. The minimum absolute atomic E-state index is 0.275. The fraction of sp³-hybridized carbons (Fsp3) is 0.933. The highest BCUT2D eigenvalue weighted by atomic mass is 15.2. The van der Waals surface area contributed by atoms with Gasteiger partial charge in [0, 0.05) is 6.54 Å². The van der Waals surface area contributed by atoms with Crippen LogP contribution in [0.4, 0.5) is 0 Å². The maximum Gasteiger partial charge on any atom is 0.122 e. The molecule has 2 unspecified atom stereocenters. The van der Waals surface area contributed by atoms with Gasteiger partial charge in [0.15, 0.2) is 0 Å². The Morgan fingerprint density at radius 2 is 2.06 bits per heavy atom. The SMILES string of the molecule is CCNC(C#N)(CN1CCCC(C)CC1)C1CC1. The molecule has 3 heteroatoms. The van der Waals surface area contributed by atoms with Gasteiger partial charge in [0.1, 0.15) is 5.54 Å². The van der Waals surface area contributed by atoms with Crippen LogP contribution >= 0.6 is 0 Å². The van der Waals surface area contributed by atoms with Gasteiger partial charge >= 0.3 is 0 Å². The molecule has 1 heterocycles. The molecule has 1 saturated carbocycles. The van der Waals surface area contributed by atoms with Gasteiger partial charge < -0.3 is 4.90 Å². The van der Waals surface area contributed by atoms with Gasteiger partial charge in [-0.15, -0.1) is 0 Å². The summed E-state index contributed by atoms with van der Waals surface area (Å²) in [6.45, 7) is 8.63. The monoisotopic (exact) mass is 249 g/mol. The fourth-order valence-corrected chi connectivity index (χ4v) is 3.22. The lowest BCUT2D eigenvalue weighted by atomic mass is 9.94. The van der Waals surface area contributed by atoms with E-state index in [-0.39, 0.29) is 5.54 Å². The molecule has 1 N–H and O–H groups in total. The Kier molecular flexibility index (Phi) is 4.64. The number of rotatable bonds is 5.